The monoisotopic (exact) mass is 286 g/mol. The standard InChI is InChI=1S/C18H22O3/c1-17(2)7-4-8-18(3)13(17)6-5-11-9-12(10-19)15(20)16(21)14(11)18/h5-6,9-10,13,20-21H,4,7-8H2,1-3H3/t13-,18-/m0/s1. The second kappa shape index (κ2) is 4.36. The van der Waals surface area contributed by atoms with E-state index in [1.54, 1.807) is 6.07 Å². The van der Waals surface area contributed by atoms with Crippen molar-refractivity contribution in [1.29, 1.82) is 0 Å². The maximum absolute atomic E-state index is 11.0. The quantitative estimate of drug-likeness (QED) is 0.605. The van der Waals surface area contributed by atoms with Crippen LogP contribution in [0, 0.1) is 11.3 Å². The van der Waals surface area contributed by atoms with Crippen molar-refractivity contribution < 1.29 is 15.0 Å². The van der Waals surface area contributed by atoms with Crippen LogP contribution in [0.5, 0.6) is 11.5 Å². The summed E-state index contributed by atoms with van der Waals surface area (Å²) in [5.74, 6) is -0.0924. The number of aromatic hydroxyl groups is 2. The molecular formula is C18H22O3. The minimum absolute atomic E-state index is 0.121. The minimum atomic E-state index is -0.289. The first-order valence-electron chi connectivity index (χ1n) is 7.54. The molecule has 0 unspecified atom stereocenters. The molecule has 2 aliphatic carbocycles. The van der Waals surface area contributed by atoms with Crippen LogP contribution in [0.1, 0.15) is 61.5 Å². The molecule has 0 bridgehead atoms. The lowest BCUT2D eigenvalue weighted by Gasteiger charge is -2.52. The zero-order chi connectivity index (χ0) is 15.4. The largest absolute Gasteiger partial charge is 0.504 e. The van der Waals surface area contributed by atoms with Crippen molar-refractivity contribution in [3.63, 3.8) is 0 Å². The topological polar surface area (TPSA) is 57.5 Å². The summed E-state index contributed by atoms with van der Waals surface area (Å²) in [7, 11) is 0. The molecule has 0 radical (unpaired) electrons. The van der Waals surface area contributed by atoms with E-state index in [9.17, 15) is 15.0 Å². The highest BCUT2D eigenvalue weighted by atomic mass is 16.3. The summed E-state index contributed by atoms with van der Waals surface area (Å²) in [4.78, 5) is 11.0. The van der Waals surface area contributed by atoms with Gasteiger partial charge >= 0.3 is 0 Å². The number of phenols is 2. The normalized spacial score (nSPS) is 29.6. The molecule has 112 valence electrons. The molecule has 3 rings (SSSR count). The Balaban J connectivity index is 2.27. The number of carbonyl (C=O) groups is 1. The third kappa shape index (κ3) is 1.83. The maximum atomic E-state index is 11.0. The number of rotatable bonds is 1. The number of hydrogen-bond donors (Lipinski definition) is 2. The van der Waals surface area contributed by atoms with E-state index < -0.39 is 0 Å². The minimum Gasteiger partial charge on any atom is -0.504 e. The second-order valence-corrected chi connectivity index (χ2v) is 7.34. The molecule has 2 atom stereocenters. The molecule has 1 fully saturated rings. The third-order valence-corrected chi connectivity index (χ3v) is 5.55. The predicted molar refractivity (Wildman–Crippen MR) is 82.7 cm³/mol. The number of allylic oxidation sites excluding steroid dienone is 1. The number of carbonyl (C=O) groups excluding carboxylic acids is 1. The fourth-order valence-corrected chi connectivity index (χ4v) is 4.56. The van der Waals surface area contributed by atoms with E-state index >= 15 is 0 Å². The summed E-state index contributed by atoms with van der Waals surface area (Å²) in [6, 6.07) is 1.68. The van der Waals surface area contributed by atoms with Gasteiger partial charge in [0.25, 0.3) is 0 Å². The first-order valence-corrected chi connectivity index (χ1v) is 7.54. The average Bonchev–Trinajstić information content (AvgIpc) is 2.41. The van der Waals surface area contributed by atoms with E-state index in [0.29, 0.717) is 12.2 Å². The molecule has 3 nitrogen and oxygen atoms in total. The van der Waals surface area contributed by atoms with E-state index in [-0.39, 0.29) is 27.9 Å². The van der Waals surface area contributed by atoms with Crippen molar-refractivity contribution in [2.75, 3.05) is 0 Å². The van der Waals surface area contributed by atoms with Gasteiger partial charge in [-0.3, -0.25) is 4.79 Å². The van der Waals surface area contributed by atoms with Gasteiger partial charge in [-0.05, 0) is 35.8 Å². The smallest absolute Gasteiger partial charge is 0.168 e. The summed E-state index contributed by atoms with van der Waals surface area (Å²) >= 11 is 0. The molecule has 0 aromatic heterocycles. The molecule has 1 aromatic carbocycles. The predicted octanol–water partition coefficient (Wildman–Crippen LogP) is 4.02. The Kier molecular flexibility index (Phi) is 2.94. The molecule has 0 saturated heterocycles. The van der Waals surface area contributed by atoms with Crippen LogP contribution in [0.4, 0.5) is 0 Å². The highest BCUT2D eigenvalue weighted by Crippen LogP contribution is 2.58. The summed E-state index contributed by atoms with van der Waals surface area (Å²) in [6.45, 7) is 6.70. The molecule has 0 amide bonds. The number of aldehydes is 1. The third-order valence-electron chi connectivity index (χ3n) is 5.55. The van der Waals surface area contributed by atoms with Crippen molar-refractivity contribution in [2.24, 2.45) is 11.3 Å². The highest BCUT2D eigenvalue weighted by molar-refractivity contribution is 5.85. The van der Waals surface area contributed by atoms with E-state index in [1.165, 1.54) is 0 Å². The molecule has 0 aliphatic heterocycles. The van der Waals surface area contributed by atoms with Crippen LogP contribution in [-0.2, 0) is 5.41 Å². The van der Waals surface area contributed by atoms with E-state index in [4.69, 9.17) is 0 Å². The van der Waals surface area contributed by atoms with Gasteiger partial charge in [0.1, 0.15) is 0 Å². The van der Waals surface area contributed by atoms with E-state index in [2.05, 4.69) is 26.8 Å². The Morgan fingerprint density at radius 1 is 1.19 bits per heavy atom. The zero-order valence-corrected chi connectivity index (χ0v) is 12.8. The van der Waals surface area contributed by atoms with Crippen molar-refractivity contribution in [1.82, 2.24) is 0 Å². The number of benzene rings is 1. The second-order valence-electron chi connectivity index (χ2n) is 7.34. The molecule has 0 heterocycles. The van der Waals surface area contributed by atoms with E-state index in [1.807, 2.05) is 6.08 Å². The van der Waals surface area contributed by atoms with Gasteiger partial charge in [0.2, 0.25) is 0 Å². The molecule has 0 spiro atoms. The van der Waals surface area contributed by atoms with Gasteiger partial charge in [-0.1, -0.05) is 39.3 Å². The summed E-state index contributed by atoms with van der Waals surface area (Å²) in [5.41, 5.74) is 1.75. The molecule has 1 saturated carbocycles. The van der Waals surface area contributed by atoms with Crippen LogP contribution in [0.3, 0.4) is 0 Å². The fourth-order valence-electron chi connectivity index (χ4n) is 4.56. The molecule has 2 aliphatic rings. The number of phenolic OH excluding ortho intramolecular Hbond substituents is 2. The summed E-state index contributed by atoms with van der Waals surface area (Å²) in [6.07, 6.45) is 8.02. The van der Waals surface area contributed by atoms with Crippen molar-refractivity contribution >= 4 is 12.4 Å². The van der Waals surface area contributed by atoms with Gasteiger partial charge in [-0.25, -0.2) is 0 Å². The Labute approximate surface area is 125 Å². The Hall–Kier alpha value is -1.77. The molecule has 1 aromatic rings. The molecular weight excluding hydrogens is 264 g/mol. The van der Waals surface area contributed by atoms with Crippen LogP contribution in [0.2, 0.25) is 0 Å². The van der Waals surface area contributed by atoms with Crippen molar-refractivity contribution in [3.8, 4) is 11.5 Å². The van der Waals surface area contributed by atoms with Gasteiger partial charge in [-0.15, -0.1) is 0 Å². The fraction of sp³-hybridized carbons (Fsp3) is 0.500. The first kappa shape index (κ1) is 14.2. The van der Waals surface area contributed by atoms with E-state index in [0.717, 1.165) is 30.4 Å². The summed E-state index contributed by atoms with van der Waals surface area (Å²) < 4.78 is 0. The molecule has 3 heteroatoms. The summed E-state index contributed by atoms with van der Waals surface area (Å²) in [5, 5.41) is 20.6. The van der Waals surface area contributed by atoms with Gasteiger partial charge in [0.15, 0.2) is 17.8 Å². The van der Waals surface area contributed by atoms with Crippen molar-refractivity contribution in [3.05, 3.63) is 28.8 Å². The lowest BCUT2D eigenvalue weighted by atomic mass is 9.52. The molecule has 21 heavy (non-hydrogen) atoms. The highest BCUT2D eigenvalue weighted by Gasteiger charge is 2.49. The number of fused-ring (bicyclic) bond motifs is 3. The van der Waals surface area contributed by atoms with Crippen LogP contribution >= 0.6 is 0 Å². The zero-order valence-electron chi connectivity index (χ0n) is 12.8. The van der Waals surface area contributed by atoms with Crippen LogP contribution in [-0.4, -0.2) is 16.5 Å². The molecule has 2 N–H and O–H groups in total. The Morgan fingerprint density at radius 3 is 2.57 bits per heavy atom. The lowest BCUT2D eigenvalue weighted by Crippen LogP contribution is -2.45. The van der Waals surface area contributed by atoms with Crippen LogP contribution in [0.25, 0.3) is 6.08 Å². The SMILES string of the molecule is CC1(C)CCC[C@]2(C)c3c(cc(C=O)c(O)c3O)C=C[C@@H]12. The van der Waals surface area contributed by atoms with Crippen molar-refractivity contribution in [2.45, 2.75) is 45.4 Å². The van der Waals surface area contributed by atoms with Crippen LogP contribution < -0.4 is 0 Å². The van der Waals surface area contributed by atoms with Gasteiger partial charge in [0, 0.05) is 11.0 Å². The van der Waals surface area contributed by atoms with Gasteiger partial charge < -0.3 is 10.2 Å². The lowest BCUT2D eigenvalue weighted by molar-refractivity contribution is 0.0888. The number of hydrogen-bond acceptors (Lipinski definition) is 3. The average molecular weight is 286 g/mol. The Bertz CT molecular complexity index is 642. The Morgan fingerprint density at radius 2 is 1.90 bits per heavy atom. The van der Waals surface area contributed by atoms with Gasteiger partial charge in [0.05, 0.1) is 5.56 Å². The van der Waals surface area contributed by atoms with Crippen LogP contribution in [0.15, 0.2) is 12.1 Å². The maximum Gasteiger partial charge on any atom is 0.168 e. The van der Waals surface area contributed by atoms with Gasteiger partial charge in [-0.2, -0.15) is 0 Å². The first-order chi connectivity index (χ1) is 9.81.